The third kappa shape index (κ3) is 3.50. The molecule has 21 heavy (non-hydrogen) atoms. The van der Waals surface area contributed by atoms with Crippen LogP contribution in [0.5, 0.6) is 11.5 Å². The molecule has 0 radical (unpaired) electrons. The van der Waals surface area contributed by atoms with Crippen molar-refractivity contribution in [3.63, 3.8) is 0 Å². The maximum Gasteiger partial charge on any atom is 0.231 e. The van der Waals surface area contributed by atoms with E-state index in [4.69, 9.17) is 9.47 Å². The van der Waals surface area contributed by atoms with E-state index in [1.54, 1.807) is 0 Å². The van der Waals surface area contributed by atoms with E-state index in [0.717, 1.165) is 43.6 Å². The lowest BCUT2D eigenvalue weighted by Gasteiger charge is -2.27. The zero-order chi connectivity index (χ0) is 14.7. The largest absolute Gasteiger partial charge is 0.454 e. The monoisotopic (exact) mass is 290 g/mol. The fourth-order valence-corrected chi connectivity index (χ4v) is 2.95. The Morgan fingerprint density at radius 2 is 2.05 bits per heavy atom. The second kappa shape index (κ2) is 6.67. The van der Waals surface area contributed by atoms with Crippen LogP contribution in [0.1, 0.15) is 44.7 Å². The van der Waals surface area contributed by atoms with Gasteiger partial charge >= 0.3 is 0 Å². The first kappa shape index (κ1) is 14.7. The Morgan fingerprint density at radius 3 is 2.76 bits per heavy atom. The Kier molecular flexibility index (Phi) is 4.66. The Morgan fingerprint density at radius 1 is 1.24 bits per heavy atom. The first-order valence-electron chi connectivity index (χ1n) is 8.18. The van der Waals surface area contributed by atoms with Gasteiger partial charge in [0.15, 0.2) is 11.5 Å². The summed E-state index contributed by atoms with van der Waals surface area (Å²) in [5, 5.41) is 3.69. The van der Waals surface area contributed by atoms with E-state index in [1.807, 2.05) is 6.07 Å². The maximum atomic E-state index is 5.52. The minimum Gasteiger partial charge on any atom is -0.454 e. The summed E-state index contributed by atoms with van der Waals surface area (Å²) in [6.45, 7) is 8.05. The van der Waals surface area contributed by atoms with Gasteiger partial charge in [-0.05, 0) is 50.0 Å². The highest BCUT2D eigenvalue weighted by Gasteiger charge is 2.30. The molecule has 0 saturated heterocycles. The highest BCUT2D eigenvalue weighted by atomic mass is 16.7. The molecule has 4 nitrogen and oxygen atoms in total. The molecule has 1 saturated carbocycles. The number of nitrogens with one attached hydrogen (secondary N) is 1. The van der Waals surface area contributed by atoms with E-state index in [2.05, 4.69) is 36.2 Å². The zero-order valence-corrected chi connectivity index (χ0v) is 13.1. The van der Waals surface area contributed by atoms with Crippen molar-refractivity contribution in [3.05, 3.63) is 23.8 Å². The van der Waals surface area contributed by atoms with Crippen LogP contribution in [-0.4, -0.2) is 37.4 Å². The Bertz CT molecular complexity index is 474. The number of hydrogen-bond donors (Lipinski definition) is 1. The Balaban J connectivity index is 1.74. The maximum absolute atomic E-state index is 5.52. The lowest BCUT2D eigenvalue weighted by atomic mass is 10.0. The quantitative estimate of drug-likeness (QED) is 0.798. The molecule has 1 fully saturated rings. The average Bonchev–Trinajstić information content (AvgIpc) is 3.24. The smallest absolute Gasteiger partial charge is 0.231 e. The van der Waals surface area contributed by atoms with Crippen molar-refractivity contribution in [2.24, 2.45) is 0 Å². The van der Waals surface area contributed by atoms with E-state index in [0.29, 0.717) is 12.8 Å². The highest BCUT2D eigenvalue weighted by Crippen LogP contribution is 2.35. The summed E-state index contributed by atoms with van der Waals surface area (Å²) in [5.74, 6) is 1.74. The molecule has 0 bridgehead atoms. The molecule has 0 spiro atoms. The molecule has 0 aromatic heterocycles. The highest BCUT2D eigenvalue weighted by molar-refractivity contribution is 5.45. The summed E-state index contributed by atoms with van der Waals surface area (Å²) < 4.78 is 10.9. The predicted molar refractivity (Wildman–Crippen MR) is 83.9 cm³/mol. The van der Waals surface area contributed by atoms with Gasteiger partial charge in [0.05, 0.1) is 0 Å². The van der Waals surface area contributed by atoms with Crippen molar-refractivity contribution in [2.75, 3.05) is 26.4 Å². The summed E-state index contributed by atoms with van der Waals surface area (Å²) >= 11 is 0. The van der Waals surface area contributed by atoms with Gasteiger partial charge in [0, 0.05) is 18.6 Å². The predicted octanol–water partition coefficient (Wildman–Crippen LogP) is 2.94. The number of likely N-dealkylation sites (N-methyl/N-ethyl adjacent to an activating group) is 1. The van der Waals surface area contributed by atoms with E-state index in [9.17, 15) is 0 Å². The van der Waals surface area contributed by atoms with Gasteiger partial charge in [-0.15, -0.1) is 0 Å². The molecule has 0 amide bonds. The second-order valence-electron chi connectivity index (χ2n) is 5.94. The number of nitrogens with zero attached hydrogens (tertiary/aromatic N) is 1. The molecule has 1 atom stereocenters. The van der Waals surface area contributed by atoms with Gasteiger partial charge in [-0.25, -0.2) is 0 Å². The van der Waals surface area contributed by atoms with Crippen LogP contribution in [0.4, 0.5) is 0 Å². The molecule has 1 aliphatic heterocycles. The minimum atomic E-state index is 0.342. The van der Waals surface area contributed by atoms with Gasteiger partial charge in [-0.3, -0.25) is 4.90 Å². The number of benzene rings is 1. The van der Waals surface area contributed by atoms with Crippen LogP contribution >= 0.6 is 0 Å². The fourth-order valence-electron chi connectivity index (χ4n) is 2.95. The summed E-state index contributed by atoms with van der Waals surface area (Å²) in [6, 6.07) is 7.50. The van der Waals surface area contributed by atoms with Crippen LogP contribution in [0, 0.1) is 0 Å². The molecule has 1 aliphatic carbocycles. The number of fused-ring (bicyclic) bond motifs is 1. The molecule has 2 aliphatic rings. The molecule has 116 valence electrons. The van der Waals surface area contributed by atoms with Crippen LogP contribution in [0.25, 0.3) is 0 Å². The molecule has 1 unspecified atom stereocenters. The first-order valence-corrected chi connectivity index (χ1v) is 8.18. The van der Waals surface area contributed by atoms with E-state index in [1.165, 1.54) is 18.4 Å². The van der Waals surface area contributed by atoms with Crippen molar-refractivity contribution in [2.45, 2.75) is 45.2 Å². The molecule has 1 aromatic rings. The molecule has 3 rings (SSSR count). The molecule has 1 N–H and O–H groups in total. The zero-order valence-electron chi connectivity index (χ0n) is 13.1. The van der Waals surface area contributed by atoms with Crippen molar-refractivity contribution in [3.8, 4) is 11.5 Å². The molecular formula is C17H26N2O2. The topological polar surface area (TPSA) is 33.7 Å². The van der Waals surface area contributed by atoms with Gasteiger partial charge in [-0.2, -0.15) is 0 Å². The molecule has 1 heterocycles. The third-order valence-corrected chi connectivity index (χ3v) is 4.33. The fraction of sp³-hybridized carbons (Fsp3) is 0.647. The van der Waals surface area contributed by atoms with Gasteiger partial charge in [0.1, 0.15) is 0 Å². The van der Waals surface area contributed by atoms with E-state index in [-0.39, 0.29) is 0 Å². The Hall–Kier alpha value is -1.26. The normalized spacial score (nSPS) is 18.2. The lowest BCUT2D eigenvalue weighted by Crippen LogP contribution is -2.36. The van der Waals surface area contributed by atoms with E-state index < -0.39 is 0 Å². The lowest BCUT2D eigenvalue weighted by molar-refractivity contribution is 0.174. The van der Waals surface area contributed by atoms with Crippen molar-refractivity contribution >= 4 is 0 Å². The van der Waals surface area contributed by atoms with Gasteiger partial charge in [0.2, 0.25) is 6.79 Å². The molecular weight excluding hydrogens is 264 g/mol. The summed E-state index contributed by atoms with van der Waals surface area (Å²) in [5.41, 5.74) is 1.30. The average molecular weight is 290 g/mol. The van der Waals surface area contributed by atoms with Gasteiger partial charge in [0.25, 0.3) is 0 Å². The van der Waals surface area contributed by atoms with Crippen molar-refractivity contribution in [1.29, 1.82) is 0 Å². The third-order valence-electron chi connectivity index (χ3n) is 4.33. The number of rotatable bonds is 8. The summed E-state index contributed by atoms with van der Waals surface area (Å²) in [7, 11) is 0. The van der Waals surface area contributed by atoms with Crippen LogP contribution in [0.15, 0.2) is 18.2 Å². The standard InChI is InChI=1S/C17H26N2O2/c1-3-9-18-15(11-19(4-2)14-6-7-14)13-5-8-16-17(10-13)21-12-20-16/h5,8,10,14-15,18H,3-4,6-7,9,11-12H2,1-2H3. The number of ether oxygens (including phenoxy) is 2. The van der Waals surface area contributed by atoms with Crippen LogP contribution < -0.4 is 14.8 Å². The van der Waals surface area contributed by atoms with Crippen LogP contribution in [-0.2, 0) is 0 Å². The van der Waals surface area contributed by atoms with Crippen LogP contribution in [0.3, 0.4) is 0 Å². The first-order chi connectivity index (χ1) is 10.3. The van der Waals surface area contributed by atoms with Gasteiger partial charge in [-0.1, -0.05) is 19.9 Å². The van der Waals surface area contributed by atoms with Gasteiger partial charge < -0.3 is 14.8 Å². The number of hydrogen-bond acceptors (Lipinski definition) is 4. The molecule has 1 aromatic carbocycles. The van der Waals surface area contributed by atoms with Crippen LogP contribution in [0.2, 0.25) is 0 Å². The van der Waals surface area contributed by atoms with E-state index >= 15 is 0 Å². The second-order valence-corrected chi connectivity index (χ2v) is 5.94. The molecule has 4 heteroatoms. The Labute approximate surface area is 127 Å². The summed E-state index contributed by atoms with van der Waals surface area (Å²) in [4.78, 5) is 2.60. The minimum absolute atomic E-state index is 0.342. The summed E-state index contributed by atoms with van der Waals surface area (Å²) in [6.07, 6.45) is 3.86. The van der Waals surface area contributed by atoms with Crippen molar-refractivity contribution < 1.29 is 9.47 Å². The van der Waals surface area contributed by atoms with Crippen molar-refractivity contribution in [1.82, 2.24) is 10.2 Å². The SMILES string of the molecule is CCCNC(CN(CC)C1CC1)c1ccc2c(c1)OCO2.